The van der Waals surface area contributed by atoms with Crippen LogP contribution in [0.15, 0.2) is 51.9 Å². The van der Waals surface area contributed by atoms with E-state index in [9.17, 15) is 0 Å². The van der Waals surface area contributed by atoms with Gasteiger partial charge in [-0.2, -0.15) is 0 Å². The van der Waals surface area contributed by atoms with Crippen LogP contribution in [0.25, 0.3) is 0 Å². The number of rotatable bonds is 4. The van der Waals surface area contributed by atoms with E-state index in [4.69, 9.17) is 9.47 Å². The van der Waals surface area contributed by atoms with Gasteiger partial charge < -0.3 is 20.1 Å². The van der Waals surface area contributed by atoms with Crippen LogP contribution in [0.1, 0.15) is 24.1 Å². The van der Waals surface area contributed by atoms with Crippen molar-refractivity contribution in [2.24, 2.45) is 4.99 Å². The maximum Gasteiger partial charge on any atom is 0.231 e. The van der Waals surface area contributed by atoms with Crippen LogP contribution in [0.3, 0.4) is 0 Å². The molecule has 1 aliphatic heterocycles. The normalized spacial score (nSPS) is 13.8. The number of aliphatic imine (C=N–C) groups is 1. The van der Waals surface area contributed by atoms with E-state index < -0.39 is 0 Å². The summed E-state index contributed by atoms with van der Waals surface area (Å²) in [5.74, 6) is 2.28. The first-order chi connectivity index (χ1) is 11.7. The molecular formula is C18H21BrIN3O2. The summed E-state index contributed by atoms with van der Waals surface area (Å²) in [6.45, 7) is 3.01. The van der Waals surface area contributed by atoms with Gasteiger partial charge in [-0.25, -0.2) is 0 Å². The number of benzene rings is 2. The Hall–Kier alpha value is -1.48. The molecule has 2 N–H and O–H groups in total. The first-order valence-corrected chi connectivity index (χ1v) is 8.57. The number of nitrogens with zero attached hydrogens (tertiary/aromatic N) is 1. The second kappa shape index (κ2) is 9.28. The summed E-state index contributed by atoms with van der Waals surface area (Å²) < 4.78 is 11.8. The maximum atomic E-state index is 5.45. The fourth-order valence-electron chi connectivity index (χ4n) is 2.53. The van der Waals surface area contributed by atoms with Crippen molar-refractivity contribution in [2.75, 3.05) is 13.8 Å². The number of fused-ring (bicyclic) bond motifs is 1. The molecule has 0 saturated carbocycles. The lowest BCUT2D eigenvalue weighted by atomic mass is 10.1. The van der Waals surface area contributed by atoms with E-state index in [1.807, 2.05) is 30.3 Å². The SMILES string of the molecule is CN=C(NCc1cc(Br)c2c(c1)OCO2)NC(C)c1ccccc1.I. The molecule has 3 rings (SSSR count). The Morgan fingerprint density at radius 2 is 2.00 bits per heavy atom. The molecule has 2 aromatic carbocycles. The summed E-state index contributed by atoms with van der Waals surface area (Å²) in [6, 6.07) is 14.4. The van der Waals surface area contributed by atoms with Gasteiger partial charge in [0.25, 0.3) is 0 Å². The zero-order valence-electron chi connectivity index (χ0n) is 14.1. The van der Waals surface area contributed by atoms with Crippen molar-refractivity contribution >= 4 is 45.9 Å². The Morgan fingerprint density at radius 1 is 1.24 bits per heavy atom. The average molecular weight is 518 g/mol. The molecule has 0 radical (unpaired) electrons. The molecule has 1 heterocycles. The molecular weight excluding hydrogens is 497 g/mol. The second-order valence-electron chi connectivity index (χ2n) is 5.51. The van der Waals surface area contributed by atoms with Crippen molar-refractivity contribution < 1.29 is 9.47 Å². The summed E-state index contributed by atoms with van der Waals surface area (Å²) >= 11 is 3.51. The molecule has 0 amide bonds. The van der Waals surface area contributed by atoms with Gasteiger partial charge in [-0.1, -0.05) is 30.3 Å². The van der Waals surface area contributed by atoms with Crippen molar-refractivity contribution in [3.63, 3.8) is 0 Å². The van der Waals surface area contributed by atoms with Gasteiger partial charge in [0.05, 0.1) is 10.5 Å². The highest BCUT2D eigenvalue weighted by molar-refractivity contribution is 14.0. The van der Waals surface area contributed by atoms with Gasteiger partial charge in [-0.05, 0) is 46.1 Å². The van der Waals surface area contributed by atoms with E-state index in [1.165, 1.54) is 5.56 Å². The van der Waals surface area contributed by atoms with Crippen LogP contribution in [0.5, 0.6) is 11.5 Å². The first kappa shape index (κ1) is 19.8. The lowest BCUT2D eigenvalue weighted by Crippen LogP contribution is -2.38. The van der Waals surface area contributed by atoms with Gasteiger partial charge in [0.15, 0.2) is 17.5 Å². The third kappa shape index (κ3) is 5.01. The molecule has 1 atom stereocenters. The molecule has 134 valence electrons. The van der Waals surface area contributed by atoms with E-state index in [0.717, 1.165) is 27.5 Å². The van der Waals surface area contributed by atoms with Crippen molar-refractivity contribution in [3.8, 4) is 11.5 Å². The molecule has 25 heavy (non-hydrogen) atoms. The highest BCUT2D eigenvalue weighted by Crippen LogP contribution is 2.39. The molecule has 1 unspecified atom stereocenters. The Kier molecular flexibility index (Phi) is 7.37. The van der Waals surface area contributed by atoms with Gasteiger partial charge in [0.2, 0.25) is 6.79 Å². The number of guanidine groups is 1. The van der Waals surface area contributed by atoms with Gasteiger partial charge >= 0.3 is 0 Å². The van der Waals surface area contributed by atoms with Crippen molar-refractivity contribution in [2.45, 2.75) is 19.5 Å². The molecule has 0 bridgehead atoms. The minimum atomic E-state index is 0. The van der Waals surface area contributed by atoms with E-state index in [0.29, 0.717) is 6.54 Å². The van der Waals surface area contributed by atoms with Gasteiger partial charge in [-0.3, -0.25) is 4.99 Å². The van der Waals surface area contributed by atoms with Crippen LogP contribution in [0.4, 0.5) is 0 Å². The highest BCUT2D eigenvalue weighted by atomic mass is 127. The first-order valence-electron chi connectivity index (χ1n) is 7.77. The van der Waals surface area contributed by atoms with Gasteiger partial charge in [0.1, 0.15) is 0 Å². The average Bonchev–Trinajstić information content (AvgIpc) is 3.08. The van der Waals surface area contributed by atoms with Crippen LogP contribution < -0.4 is 20.1 Å². The number of ether oxygens (including phenoxy) is 2. The van der Waals surface area contributed by atoms with Crippen LogP contribution in [-0.4, -0.2) is 19.8 Å². The molecule has 0 saturated heterocycles. The minimum absolute atomic E-state index is 0. The second-order valence-corrected chi connectivity index (χ2v) is 6.37. The Bertz CT molecular complexity index is 741. The fraction of sp³-hybridized carbons (Fsp3) is 0.278. The number of nitrogens with one attached hydrogen (secondary N) is 2. The standard InChI is InChI=1S/C18H20BrN3O2.HI/c1-12(14-6-4-3-5-7-14)22-18(20-2)21-10-13-8-15(19)17-16(9-13)23-11-24-17;/h3-9,12H,10-11H2,1-2H3,(H2,20,21,22);1H. The zero-order valence-corrected chi connectivity index (χ0v) is 18.0. The van der Waals surface area contributed by atoms with Crippen LogP contribution in [-0.2, 0) is 6.54 Å². The predicted molar refractivity (Wildman–Crippen MR) is 114 cm³/mol. The molecule has 0 spiro atoms. The monoisotopic (exact) mass is 517 g/mol. The van der Waals surface area contributed by atoms with E-state index in [2.05, 4.69) is 50.6 Å². The van der Waals surface area contributed by atoms with Crippen molar-refractivity contribution in [3.05, 3.63) is 58.1 Å². The van der Waals surface area contributed by atoms with E-state index in [1.54, 1.807) is 7.05 Å². The molecule has 0 fully saturated rings. The summed E-state index contributed by atoms with van der Waals surface area (Å²) in [4.78, 5) is 4.29. The summed E-state index contributed by atoms with van der Waals surface area (Å²) in [5.41, 5.74) is 2.30. The molecule has 2 aromatic rings. The zero-order chi connectivity index (χ0) is 16.9. The third-order valence-electron chi connectivity index (χ3n) is 3.82. The summed E-state index contributed by atoms with van der Waals surface area (Å²) in [6.07, 6.45) is 0. The van der Waals surface area contributed by atoms with Crippen LogP contribution in [0, 0.1) is 0 Å². The Morgan fingerprint density at radius 3 is 2.72 bits per heavy atom. The molecule has 0 aromatic heterocycles. The third-order valence-corrected chi connectivity index (χ3v) is 4.41. The van der Waals surface area contributed by atoms with E-state index in [-0.39, 0.29) is 36.8 Å². The predicted octanol–water partition coefficient (Wildman–Crippen LogP) is 4.22. The van der Waals surface area contributed by atoms with Crippen LogP contribution in [0.2, 0.25) is 0 Å². The number of hydrogen-bond acceptors (Lipinski definition) is 3. The molecule has 7 heteroatoms. The number of hydrogen-bond donors (Lipinski definition) is 2. The molecule has 0 aliphatic carbocycles. The molecule has 5 nitrogen and oxygen atoms in total. The van der Waals surface area contributed by atoms with Gasteiger partial charge in [0, 0.05) is 13.6 Å². The van der Waals surface area contributed by atoms with Crippen LogP contribution >= 0.6 is 39.9 Å². The smallest absolute Gasteiger partial charge is 0.231 e. The Balaban J connectivity index is 0.00000225. The topological polar surface area (TPSA) is 54.9 Å². The Labute approximate surface area is 173 Å². The minimum Gasteiger partial charge on any atom is -0.454 e. The fourth-order valence-corrected chi connectivity index (χ4v) is 3.14. The lowest BCUT2D eigenvalue weighted by Gasteiger charge is -2.18. The van der Waals surface area contributed by atoms with Gasteiger partial charge in [-0.15, -0.1) is 24.0 Å². The highest BCUT2D eigenvalue weighted by Gasteiger charge is 2.18. The van der Waals surface area contributed by atoms with Crippen molar-refractivity contribution in [1.29, 1.82) is 0 Å². The molecule has 1 aliphatic rings. The summed E-state index contributed by atoms with van der Waals surface area (Å²) in [7, 11) is 1.77. The quantitative estimate of drug-likeness (QED) is 0.362. The maximum absolute atomic E-state index is 5.45. The summed E-state index contributed by atoms with van der Waals surface area (Å²) in [5, 5.41) is 6.72. The largest absolute Gasteiger partial charge is 0.454 e. The van der Waals surface area contributed by atoms with Crippen molar-refractivity contribution in [1.82, 2.24) is 10.6 Å². The lowest BCUT2D eigenvalue weighted by molar-refractivity contribution is 0.173. The van der Waals surface area contributed by atoms with E-state index >= 15 is 0 Å². The number of halogens is 2.